The Morgan fingerprint density at radius 2 is 2.00 bits per heavy atom. The molecule has 0 radical (unpaired) electrons. The molecule has 2 rings (SSSR count). The third-order valence-electron chi connectivity index (χ3n) is 3.01. The highest BCUT2D eigenvalue weighted by molar-refractivity contribution is 7.89. The lowest BCUT2D eigenvalue weighted by Gasteiger charge is -2.26. The fourth-order valence-corrected chi connectivity index (χ4v) is 3.03. The first kappa shape index (κ1) is 16.4. The molecule has 0 atom stereocenters. The van der Waals surface area contributed by atoms with Gasteiger partial charge in [0.25, 0.3) is 10.0 Å². The van der Waals surface area contributed by atoms with Gasteiger partial charge in [0, 0.05) is 13.1 Å². The molecule has 1 aliphatic heterocycles. The van der Waals surface area contributed by atoms with Crippen molar-refractivity contribution >= 4 is 10.0 Å². The summed E-state index contributed by atoms with van der Waals surface area (Å²) in [4.78, 5) is 2.51. The van der Waals surface area contributed by atoms with Gasteiger partial charge >= 0.3 is 0 Å². The molecular formula is C13H23N3O4S. The maximum atomic E-state index is 12.2. The molecule has 1 aromatic heterocycles. The highest BCUT2D eigenvalue weighted by atomic mass is 32.2. The van der Waals surface area contributed by atoms with E-state index in [4.69, 9.17) is 9.15 Å². The zero-order valence-corrected chi connectivity index (χ0v) is 13.3. The van der Waals surface area contributed by atoms with Gasteiger partial charge in [0.1, 0.15) is 5.76 Å². The predicted octanol–water partition coefficient (Wildman–Crippen LogP) is 0.551. The average Bonchev–Trinajstić information content (AvgIpc) is 2.88. The van der Waals surface area contributed by atoms with Gasteiger partial charge in [0.05, 0.1) is 19.8 Å². The van der Waals surface area contributed by atoms with Gasteiger partial charge in [-0.2, -0.15) is 0 Å². The van der Waals surface area contributed by atoms with Gasteiger partial charge in [-0.25, -0.2) is 13.4 Å². The maximum Gasteiger partial charge on any atom is 0.286 e. The van der Waals surface area contributed by atoms with Gasteiger partial charge in [-0.05, 0) is 24.6 Å². The molecule has 1 aliphatic rings. The van der Waals surface area contributed by atoms with E-state index in [9.17, 15) is 8.42 Å². The summed E-state index contributed by atoms with van der Waals surface area (Å²) in [6.07, 6.45) is 0. The first-order valence-corrected chi connectivity index (χ1v) is 8.60. The lowest BCUT2D eigenvalue weighted by molar-refractivity contribution is 0.0269. The molecule has 8 heteroatoms. The normalized spacial score (nSPS) is 17.5. The molecule has 2 heterocycles. The van der Waals surface area contributed by atoms with Crippen LogP contribution in [0.25, 0.3) is 0 Å². The largest absolute Gasteiger partial charge is 0.447 e. The molecule has 0 unspecified atom stereocenters. The number of furan rings is 1. The van der Waals surface area contributed by atoms with Crippen molar-refractivity contribution in [2.24, 2.45) is 5.92 Å². The number of hydrogen-bond acceptors (Lipinski definition) is 6. The topological polar surface area (TPSA) is 83.8 Å². The van der Waals surface area contributed by atoms with Crippen molar-refractivity contribution in [1.82, 2.24) is 15.2 Å². The van der Waals surface area contributed by atoms with E-state index in [2.05, 4.69) is 24.0 Å². The van der Waals surface area contributed by atoms with Gasteiger partial charge in [-0.1, -0.05) is 13.8 Å². The number of nitrogens with zero attached hydrogens (tertiary/aromatic N) is 1. The quantitative estimate of drug-likeness (QED) is 0.764. The predicted molar refractivity (Wildman–Crippen MR) is 78.0 cm³/mol. The number of hydrazine groups is 1. The molecule has 0 aliphatic carbocycles. The molecule has 7 nitrogen and oxygen atoms in total. The molecule has 21 heavy (non-hydrogen) atoms. The number of nitrogens with one attached hydrogen (secondary N) is 2. The molecule has 0 bridgehead atoms. The summed E-state index contributed by atoms with van der Waals surface area (Å²) in [5, 5.41) is 4.77. The van der Waals surface area contributed by atoms with Crippen molar-refractivity contribution in [2.45, 2.75) is 25.5 Å². The second-order valence-corrected chi connectivity index (χ2v) is 7.03. The Balaban J connectivity index is 1.92. The zero-order valence-electron chi connectivity index (χ0n) is 12.5. The Kier molecular flexibility index (Phi) is 5.77. The lowest BCUT2D eigenvalue weighted by Crippen LogP contribution is -2.48. The van der Waals surface area contributed by atoms with E-state index in [1.54, 1.807) is 11.1 Å². The van der Waals surface area contributed by atoms with Crippen molar-refractivity contribution in [2.75, 3.05) is 32.8 Å². The van der Waals surface area contributed by atoms with Crippen LogP contribution >= 0.6 is 0 Å². The molecular weight excluding hydrogens is 294 g/mol. The summed E-state index contributed by atoms with van der Waals surface area (Å²) in [5.41, 5.74) is 0. The molecule has 2 N–H and O–H groups in total. The van der Waals surface area contributed by atoms with E-state index in [0.717, 1.165) is 6.54 Å². The van der Waals surface area contributed by atoms with Crippen LogP contribution in [0.15, 0.2) is 21.6 Å². The monoisotopic (exact) mass is 317 g/mol. The van der Waals surface area contributed by atoms with Crippen LogP contribution in [0.3, 0.4) is 0 Å². The van der Waals surface area contributed by atoms with Gasteiger partial charge in [-0.3, -0.25) is 0 Å². The Morgan fingerprint density at radius 3 is 2.67 bits per heavy atom. The SMILES string of the molecule is CC(C)CNCc1ccc(S(=O)(=O)NN2CCOCC2)o1. The molecule has 1 aromatic rings. The summed E-state index contributed by atoms with van der Waals surface area (Å²) in [7, 11) is -3.65. The molecule has 1 saturated heterocycles. The van der Waals surface area contributed by atoms with Crippen molar-refractivity contribution in [3.05, 3.63) is 17.9 Å². The third kappa shape index (κ3) is 5.08. The van der Waals surface area contributed by atoms with Gasteiger partial charge < -0.3 is 14.5 Å². The molecule has 0 saturated carbocycles. The van der Waals surface area contributed by atoms with Crippen LogP contribution in [0.4, 0.5) is 0 Å². The van der Waals surface area contributed by atoms with E-state index in [0.29, 0.717) is 44.5 Å². The van der Waals surface area contributed by atoms with E-state index < -0.39 is 10.0 Å². The van der Waals surface area contributed by atoms with E-state index in [1.165, 1.54) is 6.07 Å². The summed E-state index contributed by atoms with van der Waals surface area (Å²) in [6.45, 7) is 7.69. The summed E-state index contributed by atoms with van der Waals surface area (Å²) < 4.78 is 35.0. The lowest BCUT2D eigenvalue weighted by atomic mass is 10.2. The minimum Gasteiger partial charge on any atom is -0.447 e. The second-order valence-electron chi connectivity index (χ2n) is 5.44. The van der Waals surface area contributed by atoms with Crippen LogP contribution in [-0.2, 0) is 21.3 Å². The zero-order chi connectivity index (χ0) is 15.3. The minimum atomic E-state index is -3.65. The Bertz CT molecular complexity index is 535. The van der Waals surface area contributed by atoms with E-state index in [1.807, 2.05) is 0 Å². The van der Waals surface area contributed by atoms with Crippen molar-refractivity contribution < 1.29 is 17.6 Å². The summed E-state index contributed by atoms with van der Waals surface area (Å²) in [5.74, 6) is 1.14. The van der Waals surface area contributed by atoms with E-state index in [-0.39, 0.29) is 5.09 Å². The van der Waals surface area contributed by atoms with Crippen LogP contribution in [0.1, 0.15) is 19.6 Å². The number of rotatable bonds is 7. The fourth-order valence-electron chi connectivity index (χ4n) is 1.95. The van der Waals surface area contributed by atoms with E-state index >= 15 is 0 Å². The number of morpholine rings is 1. The highest BCUT2D eigenvalue weighted by Crippen LogP contribution is 2.14. The highest BCUT2D eigenvalue weighted by Gasteiger charge is 2.23. The minimum absolute atomic E-state index is 0.0599. The Morgan fingerprint density at radius 1 is 1.29 bits per heavy atom. The van der Waals surface area contributed by atoms with Crippen LogP contribution in [0, 0.1) is 5.92 Å². The van der Waals surface area contributed by atoms with Crippen molar-refractivity contribution in [1.29, 1.82) is 0 Å². The van der Waals surface area contributed by atoms with Crippen molar-refractivity contribution in [3.63, 3.8) is 0 Å². The van der Waals surface area contributed by atoms with Crippen LogP contribution < -0.4 is 10.1 Å². The summed E-state index contributed by atoms with van der Waals surface area (Å²) >= 11 is 0. The molecule has 120 valence electrons. The Hall–Kier alpha value is -0.930. The van der Waals surface area contributed by atoms with Gasteiger partial charge in [0.2, 0.25) is 5.09 Å². The summed E-state index contributed by atoms with van der Waals surface area (Å²) in [6, 6.07) is 3.16. The fraction of sp³-hybridized carbons (Fsp3) is 0.692. The number of hydrogen-bond donors (Lipinski definition) is 2. The molecule has 0 amide bonds. The van der Waals surface area contributed by atoms with Crippen LogP contribution in [0.5, 0.6) is 0 Å². The van der Waals surface area contributed by atoms with Crippen molar-refractivity contribution in [3.8, 4) is 0 Å². The Labute approximate surface area is 125 Å². The first-order chi connectivity index (χ1) is 9.97. The smallest absolute Gasteiger partial charge is 0.286 e. The third-order valence-corrected chi connectivity index (χ3v) is 4.26. The second kappa shape index (κ2) is 7.37. The van der Waals surface area contributed by atoms with Crippen LogP contribution in [0.2, 0.25) is 0 Å². The number of ether oxygens (including phenoxy) is 1. The maximum absolute atomic E-state index is 12.2. The first-order valence-electron chi connectivity index (χ1n) is 7.12. The number of sulfonamides is 1. The molecule has 0 spiro atoms. The standard InChI is InChI=1S/C13H23N3O4S/c1-11(2)9-14-10-12-3-4-13(20-12)21(17,18)15-16-5-7-19-8-6-16/h3-4,11,14-15H,5-10H2,1-2H3. The average molecular weight is 317 g/mol. The van der Waals surface area contributed by atoms with Gasteiger partial charge in [-0.15, -0.1) is 4.83 Å². The molecule has 1 fully saturated rings. The molecule has 0 aromatic carbocycles. The van der Waals surface area contributed by atoms with Gasteiger partial charge in [0.15, 0.2) is 0 Å². The van der Waals surface area contributed by atoms with Crippen LogP contribution in [-0.4, -0.2) is 46.3 Å².